The van der Waals surface area contributed by atoms with Gasteiger partial charge in [-0.15, -0.1) is 13.2 Å². The van der Waals surface area contributed by atoms with Gasteiger partial charge >= 0.3 is 6.18 Å². The molecule has 0 spiro atoms. The van der Waals surface area contributed by atoms with E-state index in [2.05, 4.69) is 49.0 Å². The molecule has 4 aromatic rings. The van der Waals surface area contributed by atoms with Crippen LogP contribution >= 0.6 is 15.9 Å². The maximum absolute atomic E-state index is 13.2. The molecule has 0 bridgehead atoms. The number of pyridine rings is 1. The first kappa shape index (κ1) is 23.1. The van der Waals surface area contributed by atoms with Gasteiger partial charge in [0.15, 0.2) is 11.6 Å². The van der Waals surface area contributed by atoms with Gasteiger partial charge in [0.25, 0.3) is 0 Å². The fourth-order valence-corrected chi connectivity index (χ4v) is 3.08. The van der Waals surface area contributed by atoms with Crippen molar-refractivity contribution >= 4 is 32.7 Å². The van der Waals surface area contributed by atoms with Crippen LogP contribution in [0.5, 0.6) is 0 Å². The molecule has 1 aromatic carbocycles. The first-order valence-corrected chi connectivity index (χ1v) is 9.03. The third-order valence-corrected chi connectivity index (χ3v) is 4.45. The van der Waals surface area contributed by atoms with Gasteiger partial charge in [0.2, 0.25) is 0 Å². The zero-order chi connectivity index (χ0) is 21.2. The maximum Gasteiger partial charge on any atom is 0.417 e. The Morgan fingerprint density at radius 1 is 1.13 bits per heavy atom. The molecule has 0 aliphatic rings. The Bertz CT molecular complexity index is 1180. The van der Waals surface area contributed by atoms with Crippen molar-refractivity contribution in [3.05, 3.63) is 83.2 Å². The van der Waals surface area contributed by atoms with E-state index < -0.39 is 23.1 Å². The highest BCUT2D eigenvalue weighted by Crippen LogP contribution is 2.33. The van der Waals surface area contributed by atoms with Crippen molar-refractivity contribution in [3.63, 3.8) is 0 Å². The molecular weight excluding hydrogens is 461 g/mol. The second-order valence-electron chi connectivity index (χ2n) is 5.78. The van der Waals surface area contributed by atoms with Crippen molar-refractivity contribution in [2.75, 3.05) is 0 Å². The number of benzene rings is 1. The summed E-state index contributed by atoms with van der Waals surface area (Å²) in [6.07, 6.45) is -1.64. The molecule has 0 radical (unpaired) electrons. The zero-order valence-corrected chi connectivity index (χ0v) is 16.4. The fraction of sp³-hybridized carbons (Fsp3) is 0.0952. The summed E-state index contributed by atoms with van der Waals surface area (Å²) in [5, 5.41) is 0. The summed E-state index contributed by atoms with van der Waals surface area (Å²) in [5.41, 5.74) is 0.595. The number of aromatic amines is 2. The van der Waals surface area contributed by atoms with Gasteiger partial charge in [0, 0.05) is 17.3 Å². The summed E-state index contributed by atoms with van der Waals surface area (Å²) < 4.78 is 40.1. The molecule has 9 heteroatoms. The minimum atomic E-state index is -4.61. The van der Waals surface area contributed by atoms with E-state index in [9.17, 15) is 18.0 Å². The smallest absolute Gasteiger partial charge is 0.358 e. The largest absolute Gasteiger partial charge is 0.417 e. The zero-order valence-electron chi connectivity index (χ0n) is 14.8. The van der Waals surface area contributed by atoms with E-state index in [-0.39, 0.29) is 13.0 Å². The van der Waals surface area contributed by atoms with Gasteiger partial charge in [-0.3, -0.25) is 4.79 Å². The van der Waals surface area contributed by atoms with Crippen LogP contribution in [0.15, 0.2) is 66.6 Å². The Labute approximate surface area is 179 Å². The van der Waals surface area contributed by atoms with Crippen LogP contribution in [0.2, 0.25) is 0 Å². The lowest BCUT2D eigenvalue weighted by Gasteiger charge is -2.10. The highest BCUT2D eigenvalue weighted by atomic mass is 79.9. The van der Waals surface area contributed by atoms with E-state index in [0.29, 0.717) is 27.2 Å². The van der Waals surface area contributed by atoms with Crippen LogP contribution < -0.4 is 0 Å². The lowest BCUT2D eigenvalue weighted by molar-refractivity contribution is -0.137. The summed E-state index contributed by atoms with van der Waals surface area (Å²) in [4.78, 5) is 27.0. The first-order valence-electron chi connectivity index (χ1n) is 8.24. The second-order valence-corrected chi connectivity index (χ2v) is 6.60. The van der Waals surface area contributed by atoms with Gasteiger partial charge in [-0.25, -0.2) is 9.97 Å². The van der Waals surface area contributed by atoms with Crippen molar-refractivity contribution in [2.24, 2.45) is 0 Å². The van der Waals surface area contributed by atoms with Crippen LogP contribution in [0.1, 0.15) is 28.9 Å². The van der Waals surface area contributed by atoms with Crippen molar-refractivity contribution in [1.29, 1.82) is 0 Å². The van der Waals surface area contributed by atoms with E-state index in [1.54, 1.807) is 12.3 Å². The average Bonchev–Trinajstić information content (AvgIpc) is 3.35. The maximum atomic E-state index is 13.2. The minimum Gasteiger partial charge on any atom is -0.358 e. The summed E-state index contributed by atoms with van der Waals surface area (Å²) >= 11 is 3.26. The van der Waals surface area contributed by atoms with Gasteiger partial charge in [-0.1, -0.05) is 25.6 Å². The van der Waals surface area contributed by atoms with Crippen LogP contribution in [0.3, 0.4) is 0 Å². The van der Waals surface area contributed by atoms with E-state index in [1.165, 1.54) is 30.5 Å². The van der Waals surface area contributed by atoms with Crippen molar-refractivity contribution < 1.29 is 18.0 Å². The number of hydrogen-bond donors (Lipinski definition) is 2. The number of ketones is 1. The predicted molar refractivity (Wildman–Crippen MR) is 114 cm³/mol. The number of fused-ring (bicyclic) bond motifs is 1. The third kappa shape index (κ3) is 4.51. The van der Waals surface area contributed by atoms with E-state index in [1.807, 2.05) is 0 Å². The number of carbonyl (C=O) groups excluding carboxylic acids is 1. The van der Waals surface area contributed by atoms with Crippen molar-refractivity contribution in [3.8, 4) is 11.5 Å². The number of hydrogen-bond acceptors (Lipinski definition) is 3. The Balaban J connectivity index is 0.00000104. The highest BCUT2D eigenvalue weighted by molar-refractivity contribution is 9.10. The molecule has 5 nitrogen and oxygen atoms in total. The summed E-state index contributed by atoms with van der Waals surface area (Å²) in [5.74, 6) is -0.265. The monoisotopic (exact) mass is 478 g/mol. The molecular formula is C21H18BrF3N4O. The molecule has 0 amide bonds. The number of halogens is 4. The van der Waals surface area contributed by atoms with Crippen molar-refractivity contribution in [1.82, 2.24) is 19.9 Å². The van der Waals surface area contributed by atoms with E-state index in [0.717, 1.165) is 6.07 Å². The molecule has 0 atom stereocenters. The second kappa shape index (κ2) is 9.08. The number of alkyl halides is 3. The normalized spacial score (nSPS) is 10.8. The van der Waals surface area contributed by atoms with Gasteiger partial charge in [-0.2, -0.15) is 13.2 Å². The molecule has 0 unspecified atom stereocenters. The highest BCUT2D eigenvalue weighted by Gasteiger charge is 2.35. The number of H-pyrrole nitrogens is 2. The van der Waals surface area contributed by atoms with Crippen molar-refractivity contribution in [2.45, 2.75) is 13.6 Å². The molecule has 3 heterocycles. The molecule has 30 heavy (non-hydrogen) atoms. The molecule has 0 aliphatic heterocycles. The number of imidazole rings is 1. The molecule has 0 aliphatic carbocycles. The molecule has 0 fully saturated rings. The number of carbonyl (C=O) groups is 1. The molecule has 2 N–H and O–H groups in total. The third-order valence-electron chi connectivity index (χ3n) is 4.01. The first-order chi connectivity index (χ1) is 13.8. The molecule has 4 rings (SSSR count). The van der Waals surface area contributed by atoms with Gasteiger partial charge in [0.1, 0.15) is 4.60 Å². The SMILES string of the molecule is C.C=C.O=C(c1c[nH]c(-c2nc3cc(Br)ncc3[nH]2)c1)c1ccccc1C(F)(F)F. The van der Waals surface area contributed by atoms with Crippen LogP contribution in [0.25, 0.3) is 22.6 Å². The summed E-state index contributed by atoms with van der Waals surface area (Å²) in [6.45, 7) is 6.00. The standard InChI is InChI=1S/C18H10BrF3N4O.C2H4.CH4/c19-15-6-12-14(8-24-15)26-17(25-12)13-5-9(7-23-13)16(27)10-3-1-2-4-11(10)18(20,21)22;1-2;/h1-8,23H,(H,25,26);1-2H2;1H4. The number of aromatic nitrogens is 4. The topological polar surface area (TPSA) is 74.4 Å². The lowest BCUT2D eigenvalue weighted by atomic mass is 9.99. The van der Waals surface area contributed by atoms with E-state index >= 15 is 0 Å². The predicted octanol–water partition coefficient (Wildman–Crippen LogP) is 6.40. The minimum absolute atomic E-state index is 0. The molecule has 0 saturated carbocycles. The number of nitrogens with zero attached hydrogens (tertiary/aromatic N) is 2. The Hall–Kier alpha value is -3.20. The van der Waals surface area contributed by atoms with Crippen LogP contribution in [-0.4, -0.2) is 25.7 Å². The van der Waals surface area contributed by atoms with Crippen LogP contribution in [0, 0.1) is 0 Å². The van der Waals surface area contributed by atoms with Gasteiger partial charge in [0.05, 0.1) is 28.5 Å². The van der Waals surface area contributed by atoms with Gasteiger partial charge < -0.3 is 9.97 Å². The Kier molecular flexibility index (Phi) is 6.99. The van der Waals surface area contributed by atoms with Crippen LogP contribution in [-0.2, 0) is 6.18 Å². The van der Waals surface area contributed by atoms with Crippen LogP contribution in [0.4, 0.5) is 13.2 Å². The average molecular weight is 479 g/mol. The Morgan fingerprint density at radius 2 is 1.83 bits per heavy atom. The summed E-state index contributed by atoms with van der Waals surface area (Å²) in [7, 11) is 0. The molecule has 0 saturated heterocycles. The van der Waals surface area contributed by atoms with Gasteiger partial charge in [-0.05, 0) is 34.1 Å². The summed E-state index contributed by atoms with van der Waals surface area (Å²) in [6, 6.07) is 7.91. The lowest BCUT2D eigenvalue weighted by Crippen LogP contribution is -2.13. The molecule has 156 valence electrons. The number of nitrogens with one attached hydrogen (secondary N) is 2. The quantitative estimate of drug-likeness (QED) is 0.203. The number of rotatable bonds is 3. The molecule has 3 aromatic heterocycles. The fourth-order valence-electron chi connectivity index (χ4n) is 2.76. The van der Waals surface area contributed by atoms with E-state index in [4.69, 9.17) is 0 Å². The Morgan fingerprint density at radius 3 is 2.53 bits per heavy atom.